The van der Waals surface area contributed by atoms with E-state index in [4.69, 9.17) is 11.0 Å². The van der Waals surface area contributed by atoms with Crippen LogP contribution in [-0.4, -0.2) is 24.8 Å². The number of nitriles is 1. The van der Waals surface area contributed by atoms with Crippen LogP contribution in [0.5, 0.6) is 0 Å². The van der Waals surface area contributed by atoms with Crippen LogP contribution in [-0.2, 0) is 6.18 Å². The minimum atomic E-state index is -4.70. The van der Waals surface area contributed by atoms with Gasteiger partial charge in [0.2, 0.25) is 5.69 Å². The number of aromatic nitrogens is 5. The summed E-state index contributed by atoms with van der Waals surface area (Å²) in [5.41, 5.74) is 5.04. The van der Waals surface area contributed by atoms with Gasteiger partial charge in [-0.15, -0.1) is 15.3 Å². The Hall–Kier alpha value is -2.44. The second kappa shape index (κ2) is 3.02. The van der Waals surface area contributed by atoms with Crippen molar-refractivity contribution in [2.75, 3.05) is 5.73 Å². The van der Waals surface area contributed by atoms with Crippen molar-refractivity contribution in [3.8, 4) is 6.07 Å². The van der Waals surface area contributed by atoms with Gasteiger partial charge in [0.05, 0.1) is 0 Å². The minimum absolute atomic E-state index is 0.314. The van der Waals surface area contributed by atoms with Gasteiger partial charge in [-0.1, -0.05) is 0 Å². The molecule has 82 valence electrons. The fourth-order valence-corrected chi connectivity index (χ4v) is 0.976. The van der Waals surface area contributed by atoms with Crippen LogP contribution < -0.4 is 5.73 Å². The number of halogens is 3. The van der Waals surface area contributed by atoms with Crippen molar-refractivity contribution in [1.82, 2.24) is 24.8 Å². The quantitative estimate of drug-likeness (QED) is 0.681. The van der Waals surface area contributed by atoms with E-state index in [0.717, 1.165) is 0 Å². The van der Waals surface area contributed by atoms with Gasteiger partial charge in [-0.25, -0.2) is 0 Å². The predicted molar refractivity (Wildman–Crippen MR) is 42.7 cm³/mol. The van der Waals surface area contributed by atoms with Crippen LogP contribution in [0.4, 0.5) is 19.0 Å². The first-order valence-electron chi connectivity index (χ1n) is 3.79. The normalized spacial score (nSPS) is 11.6. The van der Waals surface area contributed by atoms with Crippen LogP contribution in [0.3, 0.4) is 0 Å². The average molecular weight is 229 g/mol. The Balaban J connectivity index is 2.73. The summed E-state index contributed by atoms with van der Waals surface area (Å²) < 4.78 is 37.4. The number of nitrogens with two attached hydrogens (primary N) is 1. The summed E-state index contributed by atoms with van der Waals surface area (Å²) in [6.07, 6.45) is -4.70. The molecule has 0 saturated carbocycles. The number of alkyl halides is 3. The zero-order chi connectivity index (χ0) is 11.9. The van der Waals surface area contributed by atoms with Crippen molar-refractivity contribution in [3.05, 3.63) is 11.5 Å². The lowest BCUT2D eigenvalue weighted by molar-refractivity contribution is -0.144. The van der Waals surface area contributed by atoms with E-state index in [0.29, 0.717) is 4.52 Å². The molecular weight excluding hydrogens is 227 g/mol. The number of anilines is 1. The molecule has 2 aromatic rings. The molecule has 7 nitrogen and oxygen atoms in total. The molecule has 0 aliphatic carbocycles. The molecule has 2 rings (SSSR count). The highest BCUT2D eigenvalue weighted by molar-refractivity contribution is 5.47. The molecule has 2 N–H and O–H groups in total. The molecule has 0 atom stereocenters. The third kappa shape index (κ3) is 1.38. The van der Waals surface area contributed by atoms with Gasteiger partial charge in [0.1, 0.15) is 6.07 Å². The van der Waals surface area contributed by atoms with Gasteiger partial charge in [0.25, 0.3) is 11.6 Å². The summed E-state index contributed by atoms with van der Waals surface area (Å²) >= 11 is 0. The second-order valence-corrected chi connectivity index (χ2v) is 2.69. The molecule has 0 unspecified atom stereocenters. The Morgan fingerprint density at radius 1 is 1.31 bits per heavy atom. The summed E-state index contributed by atoms with van der Waals surface area (Å²) in [5, 5.41) is 18.2. The van der Waals surface area contributed by atoms with Crippen molar-refractivity contribution in [2.24, 2.45) is 0 Å². The van der Waals surface area contributed by atoms with E-state index < -0.39 is 17.8 Å². The molecule has 10 heteroatoms. The van der Waals surface area contributed by atoms with Gasteiger partial charge in [-0.3, -0.25) is 0 Å². The van der Waals surface area contributed by atoms with E-state index in [1.807, 2.05) is 0 Å². The standard InChI is InChI=1S/C6H2F3N7/c7-6(8,9)4-12-5-14-13-2(1-10)3(11)16(5)15-4/h11H2. The smallest absolute Gasteiger partial charge is 0.381 e. The van der Waals surface area contributed by atoms with Crippen LogP contribution >= 0.6 is 0 Å². The van der Waals surface area contributed by atoms with Crippen molar-refractivity contribution < 1.29 is 13.2 Å². The van der Waals surface area contributed by atoms with E-state index in [2.05, 4.69) is 20.3 Å². The number of nitrogen functional groups attached to an aromatic ring is 1. The van der Waals surface area contributed by atoms with Gasteiger partial charge in [-0.2, -0.15) is 27.9 Å². The summed E-state index contributed by atoms with van der Waals surface area (Å²) in [4.78, 5) is 3.08. The maximum Gasteiger partial charge on any atom is 0.453 e. The lowest BCUT2D eigenvalue weighted by atomic mass is 10.5. The number of fused-ring (bicyclic) bond motifs is 1. The van der Waals surface area contributed by atoms with Gasteiger partial charge < -0.3 is 5.73 Å². The predicted octanol–water partition coefficient (Wildman–Crippen LogP) is -0.00802. The Bertz CT molecular complexity index is 592. The van der Waals surface area contributed by atoms with Crippen LogP contribution in [0.1, 0.15) is 11.5 Å². The van der Waals surface area contributed by atoms with Crippen molar-refractivity contribution >= 4 is 11.6 Å². The number of hydrogen-bond donors (Lipinski definition) is 1. The summed E-state index contributed by atoms with van der Waals surface area (Å²) in [6.45, 7) is 0. The Morgan fingerprint density at radius 3 is 2.56 bits per heavy atom. The first kappa shape index (κ1) is 10.1. The van der Waals surface area contributed by atoms with E-state index in [9.17, 15) is 13.2 Å². The van der Waals surface area contributed by atoms with E-state index in [-0.39, 0.29) is 11.5 Å². The zero-order valence-corrected chi connectivity index (χ0v) is 7.39. The molecule has 0 saturated heterocycles. The average Bonchev–Trinajstić information content (AvgIpc) is 2.62. The summed E-state index contributed by atoms with van der Waals surface area (Å²) in [5.74, 6) is -2.14. The lowest BCUT2D eigenvalue weighted by Gasteiger charge is -1.97. The topological polar surface area (TPSA) is 106 Å². The maximum atomic E-state index is 12.2. The highest BCUT2D eigenvalue weighted by Crippen LogP contribution is 2.26. The highest BCUT2D eigenvalue weighted by atomic mass is 19.4. The van der Waals surface area contributed by atoms with Gasteiger partial charge >= 0.3 is 6.18 Å². The van der Waals surface area contributed by atoms with Crippen LogP contribution in [0.2, 0.25) is 0 Å². The first-order valence-corrected chi connectivity index (χ1v) is 3.79. The highest BCUT2D eigenvalue weighted by Gasteiger charge is 2.37. The fourth-order valence-electron chi connectivity index (χ4n) is 0.976. The van der Waals surface area contributed by atoms with Crippen molar-refractivity contribution in [3.63, 3.8) is 0 Å². The second-order valence-electron chi connectivity index (χ2n) is 2.69. The Labute approximate surface area is 85.3 Å². The van der Waals surface area contributed by atoms with Crippen LogP contribution in [0.25, 0.3) is 5.78 Å². The molecule has 0 radical (unpaired) electrons. The lowest BCUT2D eigenvalue weighted by Crippen LogP contribution is -2.09. The third-order valence-corrected chi connectivity index (χ3v) is 1.66. The third-order valence-electron chi connectivity index (χ3n) is 1.66. The molecule has 2 aromatic heterocycles. The molecule has 0 aliphatic rings. The van der Waals surface area contributed by atoms with E-state index >= 15 is 0 Å². The largest absolute Gasteiger partial charge is 0.453 e. The number of nitrogens with zero attached hydrogens (tertiary/aromatic N) is 6. The first-order chi connectivity index (χ1) is 7.43. The molecule has 0 aliphatic heterocycles. The van der Waals surface area contributed by atoms with Gasteiger partial charge in [-0.05, 0) is 0 Å². The molecule has 0 aromatic carbocycles. The monoisotopic (exact) mass is 229 g/mol. The SMILES string of the molecule is N#Cc1nnc2nc(C(F)(F)F)nn2c1N. The molecule has 0 bridgehead atoms. The molecule has 16 heavy (non-hydrogen) atoms. The van der Waals surface area contributed by atoms with E-state index in [1.165, 1.54) is 0 Å². The molecule has 0 spiro atoms. The zero-order valence-electron chi connectivity index (χ0n) is 7.39. The molecule has 2 heterocycles. The summed E-state index contributed by atoms with van der Waals surface area (Å²) in [7, 11) is 0. The number of hydrogen-bond acceptors (Lipinski definition) is 6. The molecule has 0 amide bonds. The Morgan fingerprint density at radius 2 is 2.00 bits per heavy atom. The molecular formula is C6H2F3N7. The summed E-state index contributed by atoms with van der Waals surface area (Å²) in [6, 6.07) is 1.57. The Kier molecular flexibility index (Phi) is 1.91. The molecule has 0 fully saturated rings. The van der Waals surface area contributed by atoms with Crippen LogP contribution in [0.15, 0.2) is 0 Å². The minimum Gasteiger partial charge on any atom is -0.381 e. The van der Waals surface area contributed by atoms with Crippen LogP contribution in [0, 0.1) is 11.3 Å². The number of rotatable bonds is 0. The van der Waals surface area contributed by atoms with Gasteiger partial charge in [0.15, 0.2) is 5.82 Å². The van der Waals surface area contributed by atoms with Crippen molar-refractivity contribution in [2.45, 2.75) is 6.18 Å². The van der Waals surface area contributed by atoms with Crippen molar-refractivity contribution in [1.29, 1.82) is 5.26 Å². The van der Waals surface area contributed by atoms with E-state index in [1.54, 1.807) is 6.07 Å². The van der Waals surface area contributed by atoms with Gasteiger partial charge in [0, 0.05) is 0 Å². The maximum absolute atomic E-state index is 12.2. The fraction of sp³-hybridized carbons (Fsp3) is 0.167.